The van der Waals surface area contributed by atoms with Crippen molar-refractivity contribution in [3.63, 3.8) is 0 Å². The van der Waals surface area contributed by atoms with Crippen LogP contribution in [0.5, 0.6) is 0 Å². The topological polar surface area (TPSA) is 67.2 Å². The Bertz CT molecular complexity index is 1000. The monoisotopic (exact) mass is 393 g/mol. The largest absolute Gasteiger partial charge is 0.391 e. The summed E-state index contributed by atoms with van der Waals surface area (Å²) in [7, 11) is 0. The summed E-state index contributed by atoms with van der Waals surface area (Å²) in [6, 6.07) is 12.6. The molecule has 0 bridgehead atoms. The molecule has 1 fully saturated rings. The summed E-state index contributed by atoms with van der Waals surface area (Å²) in [6.45, 7) is 1.85. The van der Waals surface area contributed by atoms with Gasteiger partial charge in [-0.25, -0.2) is 9.07 Å². The fourth-order valence-corrected chi connectivity index (χ4v) is 3.84. The van der Waals surface area contributed by atoms with Gasteiger partial charge in [-0.05, 0) is 79.6 Å². The fourth-order valence-electron chi connectivity index (χ4n) is 3.84. The molecule has 29 heavy (non-hydrogen) atoms. The lowest BCUT2D eigenvalue weighted by molar-refractivity contribution is 0.0869. The third-order valence-electron chi connectivity index (χ3n) is 5.57. The van der Waals surface area contributed by atoms with Gasteiger partial charge in [0.15, 0.2) is 0 Å². The molecular formula is C23H24FN3O2. The molecule has 1 saturated carbocycles. The van der Waals surface area contributed by atoms with Crippen molar-refractivity contribution in [3.05, 3.63) is 82.9 Å². The first-order valence-corrected chi connectivity index (χ1v) is 9.88. The Morgan fingerprint density at radius 3 is 2.72 bits per heavy atom. The first-order chi connectivity index (χ1) is 14.0. The van der Waals surface area contributed by atoms with Crippen molar-refractivity contribution in [1.29, 1.82) is 0 Å². The van der Waals surface area contributed by atoms with E-state index < -0.39 is 17.8 Å². The maximum absolute atomic E-state index is 14.5. The highest BCUT2D eigenvalue weighted by Gasteiger charge is 2.27. The van der Waals surface area contributed by atoms with E-state index >= 15 is 0 Å². The van der Waals surface area contributed by atoms with Gasteiger partial charge in [0.05, 0.1) is 23.4 Å². The predicted molar refractivity (Wildman–Crippen MR) is 109 cm³/mol. The van der Waals surface area contributed by atoms with Crippen molar-refractivity contribution in [3.8, 4) is 5.69 Å². The third-order valence-corrected chi connectivity index (χ3v) is 5.57. The second kappa shape index (κ2) is 8.17. The molecule has 0 radical (unpaired) electrons. The van der Waals surface area contributed by atoms with E-state index in [0.29, 0.717) is 12.8 Å². The molecule has 1 amide bonds. The molecule has 1 aliphatic carbocycles. The lowest BCUT2D eigenvalue weighted by Gasteiger charge is -2.17. The van der Waals surface area contributed by atoms with Crippen LogP contribution in [0.4, 0.5) is 4.39 Å². The van der Waals surface area contributed by atoms with Gasteiger partial charge in [-0.15, -0.1) is 0 Å². The van der Waals surface area contributed by atoms with E-state index in [0.717, 1.165) is 35.2 Å². The molecule has 150 valence electrons. The average molecular weight is 393 g/mol. The number of benzene rings is 2. The smallest absolute Gasteiger partial charge is 0.254 e. The number of nitrogens with one attached hydrogen (secondary N) is 1. The molecule has 5 nitrogen and oxygen atoms in total. The Balaban J connectivity index is 1.53. The molecule has 0 unspecified atom stereocenters. The Morgan fingerprint density at radius 2 is 2.07 bits per heavy atom. The number of carbonyl (C=O) groups excluding carboxylic acids is 1. The SMILES string of the molecule is Cc1cc(F)c(C(=O)N[C@@H]2CCC[C@H]2O)cc1Cc1ccc(-n2cccn2)cc1. The van der Waals surface area contributed by atoms with E-state index in [1.165, 1.54) is 6.07 Å². The van der Waals surface area contributed by atoms with Gasteiger partial charge in [-0.3, -0.25) is 4.79 Å². The summed E-state index contributed by atoms with van der Waals surface area (Å²) in [5, 5.41) is 16.9. The van der Waals surface area contributed by atoms with Gasteiger partial charge in [-0.2, -0.15) is 5.10 Å². The average Bonchev–Trinajstić information content (AvgIpc) is 3.37. The molecule has 2 atom stereocenters. The second-order valence-electron chi connectivity index (χ2n) is 7.63. The van der Waals surface area contributed by atoms with E-state index in [-0.39, 0.29) is 11.6 Å². The number of halogens is 1. The predicted octanol–water partition coefficient (Wildman–Crippen LogP) is 3.55. The van der Waals surface area contributed by atoms with E-state index in [2.05, 4.69) is 10.4 Å². The van der Waals surface area contributed by atoms with Crippen LogP contribution in [0.25, 0.3) is 5.69 Å². The summed E-state index contributed by atoms with van der Waals surface area (Å²) in [5.41, 5.74) is 3.75. The molecule has 4 rings (SSSR count). The molecule has 3 aromatic rings. The zero-order chi connectivity index (χ0) is 20.4. The van der Waals surface area contributed by atoms with Crippen LogP contribution in [0.15, 0.2) is 54.9 Å². The van der Waals surface area contributed by atoms with Crippen molar-refractivity contribution in [1.82, 2.24) is 15.1 Å². The Labute approximate surface area is 169 Å². The number of aryl methyl sites for hydroxylation is 1. The summed E-state index contributed by atoms with van der Waals surface area (Å²) in [6.07, 6.45) is 5.90. The molecule has 1 aliphatic rings. The summed E-state index contributed by atoms with van der Waals surface area (Å²) >= 11 is 0. The number of carbonyl (C=O) groups is 1. The van der Waals surface area contributed by atoms with E-state index in [1.807, 2.05) is 43.5 Å². The number of amides is 1. The van der Waals surface area contributed by atoms with Gasteiger partial charge < -0.3 is 10.4 Å². The number of aromatic nitrogens is 2. The molecule has 0 saturated heterocycles. The van der Waals surface area contributed by atoms with Crippen LogP contribution in [-0.2, 0) is 6.42 Å². The molecule has 0 spiro atoms. The third kappa shape index (κ3) is 4.22. The van der Waals surface area contributed by atoms with Crippen molar-refractivity contribution < 1.29 is 14.3 Å². The zero-order valence-electron chi connectivity index (χ0n) is 16.3. The molecule has 6 heteroatoms. The first-order valence-electron chi connectivity index (χ1n) is 9.88. The quantitative estimate of drug-likeness (QED) is 0.697. The molecule has 1 heterocycles. The maximum Gasteiger partial charge on any atom is 0.254 e. The Kier molecular flexibility index (Phi) is 5.45. The highest BCUT2D eigenvalue weighted by Crippen LogP contribution is 2.22. The minimum absolute atomic E-state index is 0.0258. The first kappa shape index (κ1) is 19.3. The van der Waals surface area contributed by atoms with Crippen LogP contribution in [0.1, 0.15) is 46.3 Å². The zero-order valence-corrected chi connectivity index (χ0v) is 16.3. The fraction of sp³-hybridized carbons (Fsp3) is 0.304. The van der Waals surface area contributed by atoms with Crippen LogP contribution < -0.4 is 5.32 Å². The van der Waals surface area contributed by atoms with E-state index in [1.54, 1.807) is 16.9 Å². The van der Waals surface area contributed by atoms with Crippen molar-refractivity contribution in [2.75, 3.05) is 0 Å². The highest BCUT2D eigenvalue weighted by atomic mass is 19.1. The van der Waals surface area contributed by atoms with E-state index in [4.69, 9.17) is 0 Å². The highest BCUT2D eigenvalue weighted by molar-refractivity contribution is 5.95. The minimum Gasteiger partial charge on any atom is -0.391 e. The van der Waals surface area contributed by atoms with Crippen molar-refractivity contribution in [2.24, 2.45) is 0 Å². The lowest BCUT2D eigenvalue weighted by atomic mass is 9.97. The van der Waals surface area contributed by atoms with Crippen LogP contribution in [0.3, 0.4) is 0 Å². The number of rotatable bonds is 5. The standard InChI is InChI=1S/C23H24FN3O2/c1-15-12-20(24)19(23(29)26-21-4-2-5-22(21)28)14-17(15)13-16-6-8-18(9-7-16)27-11-3-10-25-27/h3,6-12,14,21-22,28H,2,4-5,13H2,1H3,(H,26,29)/t21-,22-/m1/s1. The normalized spacial score (nSPS) is 18.7. The lowest BCUT2D eigenvalue weighted by Crippen LogP contribution is -2.40. The number of nitrogens with zero attached hydrogens (tertiary/aromatic N) is 2. The summed E-state index contributed by atoms with van der Waals surface area (Å²) < 4.78 is 16.3. The molecule has 0 aliphatic heterocycles. The number of hydrogen-bond acceptors (Lipinski definition) is 3. The summed E-state index contributed by atoms with van der Waals surface area (Å²) in [4.78, 5) is 12.6. The van der Waals surface area contributed by atoms with E-state index in [9.17, 15) is 14.3 Å². The molecule has 2 N–H and O–H groups in total. The molecule has 2 aromatic carbocycles. The van der Waals surface area contributed by atoms with Crippen LogP contribution in [-0.4, -0.2) is 32.9 Å². The van der Waals surface area contributed by atoms with Gasteiger partial charge in [0.2, 0.25) is 0 Å². The molecule has 1 aromatic heterocycles. The summed E-state index contributed by atoms with van der Waals surface area (Å²) in [5.74, 6) is -1.01. The number of hydrogen-bond donors (Lipinski definition) is 2. The van der Waals surface area contributed by atoms with Crippen LogP contribution in [0.2, 0.25) is 0 Å². The van der Waals surface area contributed by atoms with Gasteiger partial charge in [0.25, 0.3) is 5.91 Å². The Morgan fingerprint density at radius 1 is 1.28 bits per heavy atom. The number of aliphatic hydroxyl groups is 1. The van der Waals surface area contributed by atoms with Crippen LogP contribution >= 0.6 is 0 Å². The Hall–Kier alpha value is -2.99. The van der Waals surface area contributed by atoms with Gasteiger partial charge in [0, 0.05) is 12.4 Å². The van der Waals surface area contributed by atoms with Crippen LogP contribution in [0, 0.1) is 12.7 Å². The second-order valence-corrected chi connectivity index (χ2v) is 7.63. The van der Waals surface area contributed by atoms with Gasteiger partial charge in [0.1, 0.15) is 5.82 Å². The number of aliphatic hydroxyl groups excluding tert-OH is 1. The van der Waals surface area contributed by atoms with Gasteiger partial charge >= 0.3 is 0 Å². The maximum atomic E-state index is 14.5. The molecular weight excluding hydrogens is 369 g/mol. The van der Waals surface area contributed by atoms with Crippen molar-refractivity contribution >= 4 is 5.91 Å². The van der Waals surface area contributed by atoms with Crippen molar-refractivity contribution in [2.45, 2.75) is 44.8 Å². The minimum atomic E-state index is -0.555. The van der Waals surface area contributed by atoms with Gasteiger partial charge in [-0.1, -0.05) is 12.1 Å².